The summed E-state index contributed by atoms with van der Waals surface area (Å²) in [5, 5.41) is 0. The third-order valence-electron chi connectivity index (χ3n) is 0. The van der Waals surface area contributed by atoms with Gasteiger partial charge in [-0.1, -0.05) is 0 Å². The minimum absolute atomic E-state index is 0. The van der Waals surface area contributed by atoms with Crippen molar-refractivity contribution >= 4 is 17.4 Å². The first-order chi connectivity index (χ1) is 0. The van der Waals surface area contributed by atoms with Crippen LogP contribution in [0.1, 0.15) is 0 Å². The summed E-state index contributed by atoms with van der Waals surface area (Å²) in [4.78, 5) is 0. The zero-order valence-electron chi connectivity index (χ0n) is 2.17. The minimum Gasteiger partial charge on any atom is 0 e. The molecule has 0 aliphatic rings. The van der Waals surface area contributed by atoms with E-state index >= 15 is 0 Å². The van der Waals surface area contributed by atoms with Gasteiger partial charge < -0.3 is 0 Å². The van der Waals surface area contributed by atoms with Crippen LogP contribution in [0.15, 0.2) is 0 Å². The Bertz CT molecular complexity index is 15.5. The van der Waals surface area contributed by atoms with E-state index in [4.69, 9.17) is 0 Å². The third kappa shape index (κ3) is 24.0. The summed E-state index contributed by atoms with van der Waals surface area (Å²) in [5.41, 5.74) is 0. The van der Waals surface area contributed by atoms with Crippen LogP contribution in [0.25, 0.3) is 0 Å². The Morgan fingerprint density at radius 2 is 1.00 bits per heavy atom. The first kappa shape index (κ1) is 48.5. The molecule has 0 bridgehead atoms. The Hall–Kier alpha value is 4.26. The molecule has 0 aliphatic carbocycles. The molecule has 3 radical (unpaired) electrons. The summed E-state index contributed by atoms with van der Waals surface area (Å²) in [6.45, 7) is 0. The van der Waals surface area contributed by atoms with Crippen molar-refractivity contribution in [2.24, 2.45) is 0 Å². The molecule has 0 N–H and O–H groups in total. The molecule has 0 aliphatic heterocycles. The Labute approximate surface area is 129 Å². The Kier molecular flexibility index (Phi) is 281. The molecule has 0 aromatic carbocycles. The molecule has 0 nitrogen and oxygen atoms in total. The van der Waals surface area contributed by atoms with Crippen molar-refractivity contribution < 1.29 is 115 Å². The molecule has 0 rings (SSSR count). The number of hydrogen-bond donors (Lipinski definition) is 0. The third-order valence-corrected chi connectivity index (χ3v) is 0. The molecular weight excluding hydrogens is 506 g/mol. The summed E-state index contributed by atoms with van der Waals surface area (Å²) < 4.78 is 0. The maximum atomic E-state index is 0. The Morgan fingerprint density at radius 3 is 1.00 bits per heavy atom. The van der Waals surface area contributed by atoms with E-state index in [1.807, 2.05) is 0 Å². The minimum atomic E-state index is 0. The molecule has 37 valence electrons. The fourth-order valence-electron chi connectivity index (χ4n) is 0. The van der Waals surface area contributed by atoms with Crippen LogP contribution in [-0.4, -0.2) is 17.4 Å². The normalized spacial score (nSPS) is 0. The van der Waals surface area contributed by atoms with Gasteiger partial charge in [0.2, 0.25) is 0 Å². The second-order valence-corrected chi connectivity index (χ2v) is 0. The van der Waals surface area contributed by atoms with Crippen LogP contribution >= 0.6 is 0 Å². The van der Waals surface area contributed by atoms with E-state index in [-0.39, 0.29) is 132 Å². The van der Waals surface area contributed by atoms with Crippen LogP contribution in [0, 0.1) is 0 Å². The van der Waals surface area contributed by atoms with Crippen molar-refractivity contribution in [1.82, 2.24) is 0 Å². The Balaban J connectivity index is 0. The molecule has 0 unspecified atom stereocenters. The smallest absolute Gasteiger partial charge is 0 e. The molecule has 0 saturated heterocycles. The predicted octanol–water partition coefficient (Wildman–Crippen LogP) is -1.20. The fourth-order valence-corrected chi connectivity index (χ4v) is 0. The van der Waals surface area contributed by atoms with Crippen molar-refractivity contribution in [1.29, 1.82) is 0 Å². The monoisotopic (exact) mass is 507 g/mol. The van der Waals surface area contributed by atoms with Crippen molar-refractivity contribution in [3.63, 3.8) is 0 Å². The van der Waals surface area contributed by atoms with Gasteiger partial charge in [-0.2, -0.15) is 0 Å². The molecule has 0 fully saturated rings. The standard InChI is InChI=1S/Al.Co.Ni.Ta.Y.Zr.3H. The quantitative estimate of drug-likeness (QED) is 0.361. The molecule has 0 spiro atoms. The van der Waals surface area contributed by atoms with Gasteiger partial charge in [0.1, 0.15) is 0 Å². The van der Waals surface area contributed by atoms with E-state index in [0.29, 0.717) is 0 Å². The van der Waals surface area contributed by atoms with Gasteiger partial charge in [0.15, 0.2) is 17.4 Å². The largest absolute Gasteiger partial charge is 0.187 e. The van der Waals surface area contributed by atoms with Crippen LogP contribution in [-0.2, 0) is 115 Å². The Morgan fingerprint density at radius 1 is 1.00 bits per heavy atom. The van der Waals surface area contributed by atoms with Crippen molar-refractivity contribution in [2.75, 3.05) is 0 Å². The molecule has 6 heavy (non-hydrogen) atoms. The number of rotatable bonds is 0. The summed E-state index contributed by atoms with van der Waals surface area (Å²) in [6.07, 6.45) is 0. The zero-order chi connectivity index (χ0) is 0. The molecule has 0 aromatic rings. The van der Waals surface area contributed by atoms with Gasteiger partial charge in [-0.05, 0) is 0 Å². The van der Waals surface area contributed by atoms with E-state index in [1.54, 1.807) is 0 Å². The van der Waals surface area contributed by atoms with Crippen molar-refractivity contribution in [3.05, 3.63) is 0 Å². The van der Waals surface area contributed by atoms with Gasteiger partial charge in [-0.15, -0.1) is 0 Å². The number of hydrogen-bond acceptors (Lipinski definition) is 0. The van der Waals surface area contributed by atoms with Gasteiger partial charge in [-0.3, -0.25) is 0 Å². The first-order valence-corrected chi connectivity index (χ1v) is 0. The summed E-state index contributed by atoms with van der Waals surface area (Å²) in [7, 11) is 0. The average Bonchev–Trinajstić information content (AvgIpc) is 0. The van der Waals surface area contributed by atoms with Crippen molar-refractivity contribution in [2.45, 2.75) is 0 Å². The van der Waals surface area contributed by atoms with Gasteiger partial charge in [0.25, 0.3) is 0 Å². The van der Waals surface area contributed by atoms with E-state index in [9.17, 15) is 0 Å². The van der Waals surface area contributed by atoms with E-state index in [2.05, 4.69) is 0 Å². The zero-order valence-corrected chi connectivity index (χ0v) is 12.7. The van der Waals surface area contributed by atoms with E-state index in [1.165, 1.54) is 0 Å². The van der Waals surface area contributed by atoms with Crippen LogP contribution in [0.5, 0.6) is 0 Å². The summed E-state index contributed by atoms with van der Waals surface area (Å²) >= 11 is 0. The van der Waals surface area contributed by atoms with Gasteiger partial charge in [-0.25, -0.2) is 0 Å². The SMILES string of the molecule is [AlH3].[Co].[Ni].[Ta].[Y].[Zr]. The second kappa shape index (κ2) is 34.8. The maximum absolute atomic E-state index is 0. The second-order valence-electron chi connectivity index (χ2n) is 0. The molecule has 6 heteroatoms. The molecule has 0 aromatic heterocycles. The van der Waals surface area contributed by atoms with Crippen LogP contribution in [0.4, 0.5) is 0 Å². The summed E-state index contributed by atoms with van der Waals surface area (Å²) in [5.74, 6) is 0. The van der Waals surface area contributed by atoms with E-state index < -0.39 is 0 Å². The van der Waals surface area contributed by atoms with Gasteiger partial charge in [0, 0.05) is 115 Å². The topological polar surface area (TPSA) is 0 Å². The molecular formula is H3AlCoNiTaYZr. The van der Waals surface area contributed by atoms with Crippen LogP contribution in [0.3, 0.4) is 0 Å². The van der Waals surface area contributed by atoms with Gasteiger partial charge >= 0.3 is 0 Å². The van der Waals surface area contributed by atoms with Gasteiger partial charge in [0.05, 0.1) is 0 Å². The molecule has 0 saturated carbocycles. The summed E-state index contributed by atoms with van der Waals surface area (Å²) in [6, 6.07) is 0. The predicted molar refractivity (Wildman–Crippen MR) is 9.94 cm³/mol. The molecule has 0 amide bonds. The fraction of sp³-hybridized carbons (Fsp3) is 0. The molecule has 0 heterocycles. The van der Waals surface area contributed by atoms with Crippen molar-refractivity contribution in [3.8, 4) is 0 Å². The van der Waals surface area contributed by atoms with Crippen LogP contribution < -0.4 is 0 Å². The maximum Gasteiger partial charge on any atom is 0.187 e. The van der Waals surface area contributed by atoms with Crippen LogP contribution in [0.2, 0.25) is 0 Å². The average molecular weight is 509 g/mol. The van der Waals surface area contributed by atoms with E-state index in [0.717, 1.165) is 0 Å². The first-order valence-electron chi connectivity index (χ1n) is 0. The molecule has 0 atom stereocenters.